The van der Waals surface area contributed by atoms with Gasteiger partial charge in [0.05, 0.1) is 34.9 Å². The van der Waals surface area contributed by atoms with E-state index in [1.54, 1.807) is 12.1 Å². The minimum Gasteiger partial charge on any atom is -0.192 e. The van der Waals surface area contributed by atoms with Crippen molar-refractivity contribution in [1.82, 2.24) is 0 Å². The third-order valence-electron chi connectivity index (χ3n) is 5.14. The van der Waals surface area contributed by atoms with Gasteiger partial charge in [0.2, 0.25) is 0 Å². The number of hydrogen-bond donors (Lipinski definition) is 0. The van der Waals surface area contributed by atoms with E-state index in [0.29, 0.717) is 16.7 Å². The molecule has 0 spiro atoms. The molecule has 0 bridgehead atoms. The number of nitrogens with zero attached hydrogens (tertiary/aromatic N) is 3. The van der Waals surface area contributed by atoms with E-state index in [1.165, 1.54) is 0 Å². The molecule has 3 nitrogen and oxygen atoms in total. The van der Waals surface area contributed by atoms with Crippen molar-refractivity contribution >= 4 is 43.1 Å². The highest BCUT2D eigenvalue weighted by atomic mass is 14.3. The third-order valence-corrected chi connectivity index (χ3v) is 5.14. The Hall–Kier alpha value is -4.13. The molecule has 5 rings (SSSR count). The molecule has 0 saturated heterocycles. The molecule has 26 heavy (non-hydrogen) atoms. The lowest BCUT2D eigenvalue weighted by Crippen LogP contribution is -1.92. The zero-order valence-electron chi connectivity index (χ0n) is 13.5. The Balaban J connectivity index is 2.26. The summed E-state index contributed by atoms with van der Waals surface area (Å²) in [5.41, 5.74) is 1.79. The summed E-state index contributed by atoms with van der Waals surface area (Å²) in [5, 5.41) is 36.2. The van der Waals surface area contributed by atoms with Gasteiger partial charge in [0.1, 0.15) is 0 Å². The molecule has 0 radical (unpaired) electrons. The fraction of sp³-hybridized carbons (Fsp3) is 0. The van der Waals surface area contributed by atoms with Gasteiger partial charge in [-0.1, -0.05) is 36.4 Å². The van der Waals surface area contributed by atoms with Gasteiger partial charge >= 0.3 is 0 Å². The molecule has 0 aromatic heterocycles. The second kappa shape index (κ2) is 4.93. The maximum atomic E-state index is 9.69. The molecular formula is C23H9N3. The number of rotatable bonds is 0. The highest BCUT2D eigenvalue weighted by Crippen LogP contribution is 2.42. The van der Waals surface area contributed by atoms with E-state index in [9.17, 15) is 15.8 Å². The number of fused-ring (bicyclic) bond motifs is 2. The predicted octanol–water partition coefficient (Wildman–Crippen LogP) is 5.35. The van der Waals surface area contributed by atoms with Gasteiger partial charge in [-0.3, -0.25) is 0 Å². The molecule has 0 saturated carbocycles. The molecule has 0 aliphatic heterocycles. The van der Waals surface area contributed by atoms with E-state index < -0.39 is 0 Å². The maximum Gasteiger partial charge on any atom is 0.0998 e. The molecule has 5 aromatic carbocycles. The lowest BCUT2D eigenvalue weighted by Gasteiger charge is -2.16. The van der Waals surface area contributed by atoms with Gasteiger partial charge in [-0.25, -0.2) is 0 Å². The third kappa shape index (κ3) is 1.58. The van der Waals surface area contributed by atoms with Crippen LogP contribution in [-0.2, 0) is 0 Å². The first kappa shape index (κ1) is 14.2. The quantitative estimate of drug-likeness (QED) is 0.284. The van der Waals surface area contributed by atoms with Crippen LogP contribution in [0.2, 0.25) is 0 Å². The van der Waals surface area contributed by atoms with Gasteiger partial charge in [-0.05, 0) is 39.7 Å². The van der Waals surface area contributed by atoms with E-state index in [0.717, 1.165) is 43.1 Å². The van der Waals surface area contributed by atoms with Gasteiger partial charge in [-0.2, -0.15) is 15.8 Å². The fourth-order valence-corrected chi connectivity index (χ4v) is 4.08. The molecular weight excluding hydrogens is 318 g/mol. The monoisotopic (exact) mass is 327 g/mol. The standard InChI is InChI=1S/C23H9N3/c24-10-13-5-9-20-21-15(12-26)6-7-17-14(11-25)4-8-19(23(17)21)18-3-1-2-16(13)22(18)20/h1-9H. The van der Waals surface area contributed by atoms with Gasteiger partial charge in [0.15, 0.2) is 0 Å². The number of benzene rings is 5. The minimum atomic E-state index is 0.578. The first-order valence-electron chi connectivity index (χ1n) is 8.15. The zero-order chi connectivity index (χ0) is 17.8. The fourth-order valence-electron chi connectivity index (χ4n) is 4.08. The van der Waals surface area contributed by atoms with Crippen molar-refractivity contribution in [2.24, 2.45) is 0 Å². The second-order valence-corrected chi connectivity index (χ2v) is 6.30. The van der Waals surface area contributed by atoms with Crippen molar-refractivity contribution in [3.05, 3.63) is 71.3 Å². The van der Waals surface area contributed by atoms with E-state index in [1.807, 2.05) is 42.5 Å². The lowest BCUT2D eigenvalue weighted by molar-refractivity contribution is 1.50. The van der Waals surface area contributed by atoms with Crippen LogP contribution in [0.5, 0.6) is 0 Å². The van der Waals surface area contributed by atoms with Crippen molar-refractivity contribution in [2.75, 3.05) is 0 Å². The van der Waals surface area contributed by atoms with Gasteiger partial charge < -0.3 is 0 Å². The smallest absolute Gasteiger partial charge is 0.0998 e. The van der Waals surface area contributed by atoms with Crippen LogP contribution in [0.3, 0.4) is 0 Å². The summed E-state index contributed by atoms with van der Waals surface area (Å²) in [4.78, 5) is 0. The maximum absolute atomic E-state index is 9.69. The molecule has 0 fully saturated rings. The van der Waals surface area contributed by atoms with Gasteiger partial charge in [0, 0.05) is 21.5 Å². The van der Waals surface area contributed by atoms with Crippen molar-refractivity contribution < 1.29 is 0 Å². The predicted molar refractivity (Wildman–Crippen MR) is 102 cm³/mol. The molecule has 0 unspecified atom stereocenters. The van der Waals surface area contributed by atoms with Crippen LogP contribution in [0.1, 0.15) is 16.7 Å². The molecule has 116 valence electrons. The normalized spacial score (nSPS) is 11.0. The van der Waals surface area contributed by atoms with E-state index in [-0.39, 0.29) is 0 Å². The van der Waals surface area contributed by atoms with Crippen LogP contribution in [0, 0.1) is 34.0 Å². The van der Waals surface area contributed by atoms with Crippen molar-refractivity contribution in [1.29, 1.82) is 15.8 Å². The number of nitriles is 3. The Kier molecular flexibility index (Phi) is 2.70. The number of hydrogen-bond acceptors (Lipinski definition) is 3. The molecule has 0 heterocycles. The highest BCUT2D eigenvalue weighted by molar-refractivity contribution is 6.34. The summed E-state index contributed by atoms with van der Waals surface area (Å²) in [6.45, 7) is 0. The summed E-state index contributed by atoms with van der Waals surface area (Å²) in [5.74, 6) is 0. The van der Waals surface area contributed by atoms with E-state index in [4.69, 9.17) is 0 Å². The molecule has 3 heteroatoms. The summed E-state index contributed by atoms with van der Waals surface area (Å²) >= 11 is 0. The summed E-state index contributed by atoms with van der Waals surface area (Å²) in [6.07, 6.45) is 0. The lowest BCUT2D eigenvalue weighted by atomic mass is 9.86. The summed E-state index contributed by atoms with van der Waals surface area (Å²) < 4.78 is 0. The van der Waals surface area contributed by atoms with Crippen molar-refractivity contribution in [3.63, 3.8) is 0 Å². The molecule has 5 aromatic rings. The summed E-state index contributed by atoms with van der Waals surface area (Å²) in [6, 6.07) is 23.9. The first-order valence-corrected chi connectivity index (χ1v) is 8.15. The Morgan fingerprint density at radius 2 is 0.923 bits per heavy atom. The van der Waals surface area contributed by atoms with Gasteiger partial charge in [0.25, 0.3) is 0 Å². The largest absolute Gasteiger partial charge is 0.192 e. The topological polar surface area (TPSA) is 71.4 Å². The van der Waals surface area contributed by atoms with Crippen LogP contribution in [0.15, 0.2) is 54.6 Å². The van der Waals surface area contributed by atoms with Crippen LogP contribution in [0.25, 0.3) is 43.1 Å². The molecule has 0 amide bonds. The molecule has 0 atom stereocenters. The summed E-state index contributed by atoms with van der Waals surface area (Å²) in [7, 11) is 0. The minimum absolute atomic E-state index is 0.578. The zero-order valence-corrected chi connectivity index (χ0v) is 13.5. The average Bonchev–Trinajstić information content (AvgIpc) is 2.70. The Morgan fingerprint density at radius 3 is 1.62 bits per heavy atom. The first-order chi connectivity index (χ1) is 12.8. The van der Waals surface area contributed by atoms with Gasteiger partial charge in [-0.15, -0.1) is 0 Å². The van der Waals surface area contributed by atoms with Crippen molar-refractivity contribution in [3.8, 4) is 18.2 Å². The van der Waals surface area contributed by atoms with E-state index in [2.05, 4.69) is 18.2 Å². The van der Waals surface area contributed by atoms with E-state index >= 15 is 0 Å². The van der Waals surface area contributed by atoms with Crippen LogP contribution < -0.4 is 0 Å². The van der Waals surface area contributed by atoms with Crippen LogP contribution in [-0.4, -0.2) is 0 Å². The molecule has 0 aliphatic rings. The average molecular weight is 327 g/mol. The molecule has 0 aliphatic carbocycles. The van der Waals surface area contributed by atoms with Crippen LogP contribution in [0.4, 0.5) is 0 Å². The van der Waals surface area contributed by atoms with Crippen LogP contribution >= 0.6 is 0 Å². The highest BCUT2D eigenvalue weighted by Gasteiger charge is 2.18. The SMILES string of the molecule is N#Cc1ccc2c3c(C#N)ccc4c(C#N)ccc(c5cccc1c52)c43. The molecule has 0 N–H and O–H groups in total. The van der Waals surface area contributed by atoms with Crippen molar-refractivity contribution in [2.45, 2.75) is 0 Å². The Labute approximate surface area is 148 Å². The Morgan fingerprint density at radius 1 is 0.423 bits per heavy atom. The Bertz CT molecular complexity index is 1510. The second-order valence-electron chi connectivity index (χ2n) is 6.30.